The van der Waals surface area contributed by atoms with E-state index in [4.69, 9.17) is 0 Å². The van der Waals surface area contributed by atoms with Crippen LogP contribution in [0.2, 0.25) is 0 Å². The van der Waals surface area contributed by atoms with Gasteiger partial charge in [0.05, 0.1) is 0 Å². The van der Waals surface area contributed by atoms with Crippen LogP contribution in [0.15, 0.2) is 16.8 Å². The van der Waals surface area contributed by atoms with E-state index in [9.17, 15) is 4.79 Å². The van der Waals surface area contributed by atoms with Gasteiger partial charge in [0.2, 0.25) is 0 Å². The molecule has 0 bridgehead atoms. The first-order chi connectivity index (χ1) is 9.53. The molecule has 0 amide bonds. The molecule has 2 aliphatic rings. The van der Waals surface area contributed by atoms with Gasteiger partial charge in [-0.3, -0.25) is 9.69 Å². The molecule has 0 spiro atoms. The molecule has 110 valence electrons. The van der Waals surface area contributed by atoms with Gasteiger partial charge in [-0.1, -0.05) is 13.8 Å². The highest BCUT2D eigenvalue weighted by molar-refractivity contribution is 7.07. The van der Waals surface area contributed by atoms with Crippen LogP contribution in [0.4, 0.5) is 0 Å². The second kappa shape index (κ2) is 5.61. The van der Waals surface area contributed by atoms with Crippen molar-refractivity contribution in [3.05, 3.63) is 22.4 Å². The molecule has 0 saturated heterocycles. The van der Waals surface area contributed by atoms with Gasteiger partial charge >= 0.3 is 0 Å². The summed E-state index contributed by atoms with van der Waals surface area (Å²) in [6.07, 6.45) is 5.55. The Bertz CT molecular complexity index is 461. The molecule has 1 unspecified atom stereocenters. The molecule has 0 N–H and O–H groups in total. The first-order valence-electron chi connectivity index (χ1n) is 7.81. The summed E-state index contributed by atoms with van der Waals surface area (Å²) >= 11 is 1.77. The number of thiophene rings is 1. The molecule has 20 heavy (non-hydrogen) atoms. The monoisotopic (exact) mass is 291 g/mol. The minimum Gasteiger partial charge on any atom is -0.299 e. The summed E-state index contributed by atoms with van der Waals surface area (Å²) in [4.78, 5) is 14.8. The third kappa shape index (κ3) is 3.50. The average molecular weight is 291 g/mol. The van der Waals surface area contributed by atoms with E-state index in [0.717, 1.165) is 38.4 Å². The van der Waals surface area contributed by atoms with Crippen molar-refractivity contribution in [2.75, 3.05) is 6.54 Å². The van der Waals surface area contributed by atoms with Crippen molar-refractivity contribution in [1.29, 1.82) is 0 Å². The maximum Gasteiger partial charge on any atom is 0.137 e. The number of nitrogens with zero attached hydrogens (tertiary/aromatic N) is 1. The molecule has 1 aromatic heterocycles. The van der Waals surface area contributed by atoms with Gasteiger partial charge in [-0.05, 0) is 53.5 Å². The van der Waals surface area contributed by atoms with Crippen molar-refractivity contribution >= 4 is 17.1 Å². The Morgan fingerprint density at radius 3 is 2.85 bits per heavy atom. The summed E-state index contributed by atoms with van der Waals surface area (Å²) < 4.78 is 0. The van der Waals surface area contributed by atoms with Crippen LogP contribution in [0.3, 0.4) is 0 Å². The summed E-state index contributed by atoms with van der Waals surface area (Å²) in [6.45, 7) is 6.63. The summed E-state index contributed by atoms with van der Waals surface area (Å²) in [6, 6.07) is 2.94. The third-order valence-corrected chi connectivity index (χ3v) is 5.52. The van der Waals surface area contributed by atoms with Crippen LogP contribution in [0.5, 0.6) is 0 Å². The van der Waals surface area contributed by atoms with Crippen molar-refractivity contribution in [3.63, 3.8) is 0 Å². The van der Waals surface area contributed by atoms with E-state index in [1.54, 1.807) is 11.3 Å². The summed E-state index contributed by atoms with van der Waals surface area (Å²) in [7, 11) is 0. The quantitative estimate of drug-likeness (QED) is 0.814. The summed E-state index contributed by atoms with van der Waals surface area (Å²) in [5, 5.41) is 4.39. The normalized spacial score (nSPS) is 26.1. The molecule has 1 aromatic rings. The maximum absolute atomic E-state index is 12.2. The molecule has 0 radical (unpaired) electrons. The fourth-order valence-electron chi connectivity index (χ4n) is 3.40. The molecule has 0 aliphatic heterocycles. The molecule has 2 aliphatic carbocycles. The van der Waals surface area contributed by atoms with Gasteiger partial charge in [0.25, 0.3) is 0 Å². The van der Waals surface area contributed by atoms with E-state index in [1.807, 2.05) is 0 Å². The minimum atomic E-state index is 0.262. The lowest BCUT2D eigenvalue weighted by atomic mass is 9.71. The fourth-order valence-corrected chi connectivity index (χ4v) is 4.06. The standard InChI is InChI=1S/C17H25NOS/c1-17(2)7-5-16(19)14(9-17)11-18(15-3-4-15)10-13-6-8-20-12-13/h6,8,12,14-15H,3-5,7,9-11H2,1-2H3. The van der Waals surface area contributed by atoms with Gasteiger partial charge in [-0.2, -0.15) is 11.3 Å². The van der Waals surface area contributed by atoms with Crippen molar-refractivity contribution in [2.24, 2.45) is 11.3 Å². The van der Waals surface area contributed by atoms with Gasteiger partial charge < -0.3 is 0 Å². The number of carbonyl (C=O) groups excluding carboxylic acids is 1. The van der Waals surface area contributed by atoms with Crippen LogP contribution in [0.1, 0.15) is 51.5 Å². The van der Waals surface area contributed by atoms with Gasteiger partial charge in [-0.15, -0.1) is 0 Å². The highest BCUT2D eigenvalue weighted by atomic mass is 32.1. The fraction of sp³-hybridized carbons (Fsp3) is 0.706. The van der Waals surface area contributed by atoms with Crippen LogP contribution in [0.25, 0.3) is 0 Å². The first kappa shape index (κ1) is 14.3. The van der Waals surface area contributed by atoms with E-state index in [-0.39, 0.29) is 5.92 Å². The molecule has 0 aromatic carbocycles. The SMILES string of the molecule is CC1(C)CCC(=O)C(CN(Cc2ccsc2)C2CC2)C1. The van der Waals surface area contributed by atoms with Gasteiger partial charge in [0, 0.05) is 31.5 Å². The van der Waals surface area contributed by atoms with Crippen LogP contribution < -0.4 is 0 Å². The Labute approximate surface area is 126 Å². The largest absolute Gasteiger partial charge is 0.299 e. The van der Waals surface area contributed by atoms with Gasteiger partial charge in [0.15, 0.2) is 0 Å². The van der Waals surface area contributed by atoms with Crippen LogP contribution in [-0.2, 0) is 11.3 Å². The topological polar surface area (TPSA) is 20.3 Å². The van der Waals surface area contributed by atoms with Crippen molar-refractivity contribution < 1.29 is 4.79 Å². The minimum absolute atomic E-state index is 0.262. The molecule has 2 fully saturated rings. The van der Waals surface area contributed by atoms with Crippen LogP contribution in [0, 0.1) is 11.3 Å². The molecule has 2 saturated carbocycles. The molecule has 1 atom stereocenters. The second-order valence-electron chi connectivity index (χ2n) is 7.32. The smallest absolute Gasteiger partial charge is 0.137 e. The van der Waals surface area contributed by atoms with E-state index >= 15 is 0 Å². The Hall–Kier alpha value is -0.670. The second-order valence-corrected chi connectivity index (χ2v) is 8.10. The maximum atomic E-state index is 12.2. The van der Waals surface area contributed by atoms with Gasteiger partial charge in [0.1, 0.15) is 5.78 Å². The zero-order chi connectivity index (χ0) is 14.2. The summed E-state index contributed by atoms with van der Waals surface area (Å²) in [5.41, 5.74) is 1.75. The van der Waals surface area contributed by atoms with Crippen LogP contribution in [-0.4, -0.2) is 23.3 Å². The van der Waals surface area contributed by atoms with Crippen molar-refractivity contribution in [1.82, 2.24) is 4.90 Å². The molecule has 3 rings (SSSR count). The Kier molecular flexibility index (Phi) is 4.00. The predicted molar refractivity (Wildman–Crippen MR) is 83.9 cm³/mol. The lowest BCUT2D eigenvalue weighted by Crippen LogP contribution is -2.39. The average Bonchev–Trinajstić information content (AvgIpc) is 3.12. The first-order valence-corrected chi connectivity index (χ1v) is 8.76. The van der Waals surface area contributed by atoms with Crippen molar-refractivity contribution in [2.45, 2.75) is 58.5 Å². The lowest BCUT2D eigenvalue weighted by Gasteiger charge is -2.36. The highest BCUT2D eigenvalue weighted by Crippen LogP contribution is 2.38. The highest BCUT2D eigenvalue weighted by Gasteiger charge is 2.37. The molecular formula is C17H25NOS. The number of ketones is 1. The van der Waals surface area contributed by atoms with E-state index < -0.39 is 0 Å². The molecule has 3 heteroatoms. The number of hydrogen-bond acceptors (Lipinski definition) is 3. The summed E-state index contributed by atoms with van der Waals surface area (Å²) in [5.74, 6) is 0.762. The van der Waals surface area contributed by atoms with E-state index in [1.165, 1.54) is 18.4 Å². The zero-order valence-electron chi connectivity index (χ0n) is 12.6. The zero-order valence-corrected chi connectivity index (χ0v) is 13.4. The molecular weight excluding hydrogens is 266 g/mol. The molecule has 2 nitrogen and oxygen atoms in total. The Morgan fingerprint density at radius 1 is 1.40 bits per heavy atom. The van der Waals surface area contributed by atoms with E-state index in [0.29, 0.717) is 11.2 Å². The Morgan fingerprint density at radius 2 is 2.20 bits per heavy atom. The number of carbonyl (C=O) groups is 1. The van der Waals surface area contributed by atoms with Crippen molar-refractivity contribution in [3.8, 4) is 0 Å². The number of Topliss-reactive ketones (excluding diaryl/α,β-unsaturated/α-hetero) is 1. The number of hydrogen-bond donors (Lipinski definition) is 0. The van der Waals surface area contributed by atoms with Crippen LogP contribution >= 0.6 is 11.3 Å². The van der Waals surface area contributed by atoms with Gasteiger partial charge in [-0.25, -0.2) is 0 Å². The lowest BCUT2D eigenvalue weighted by molar-refractivity contribution is -0.127. The molecule has 1 heterocycles. The predicted octanol–water partition coefficient (Wildman–Crippen LogP) is 4.11. The van der Waals surface area contributed by atoms with E-state index in [2.05, 4.69) is 35.6 Å². The third-order valence-electron chi connectivity index (χ3n) is 4.79. The Balaban J connectivity index is 1.65. The number of rotatable bonds is 5.